The SMILES string of the molecule is CC(C)C(=O)Nc1ccc(Nc2ccccc2C(C)C)cc1. The van der Waals surface area contributed by atoms with Gasteiger partial charge in [0.15, 0.2) is 0 Å². The number of nitrogens with one attached hydrogen (secondary N) is 2. The van der Waals surface area contributed by atoms with Gasteiger partial charge in [-0.3, -0.25) is 4.79 Å². The van der Waals surface area contributed by atoms with Gasteiger partial charge < -0.3 is 10.6 Å². The number of amides is 1. The fourth-order valence-electron chi connectivity index (χ4n) is 2.19. The molecule has 0 aromatic heterocycles. The molecule has 0 aliphatic heterocycles. The van der Waals surface area contributed by atoms with Crippen molar-refractivity contribution in [1.82, 2.24) is 0 Å². The predicted octanol–water partition coefficient (Wildman–Crippen LogP) is 5.15. The number of benzene rings is 2. The van der Waals surface area contributed by atoms with Crippen molar-refractivity contribution in [2.24, 2.45) is 5.92 Å². The fourth-order valence-corrected chi connectivity index (χ4v) is 2.19. The minimum absolute atomic E-state index is 0.0179. The molecule has 0 spiro atoms. The highest BCUT2D eigenvalue weighted by Gasteiger charge is 2.08. The summed E-state index contributed by atoms with van der Waals surface area (Å²) in [6.45, 7) is 8.14. The number of rotatable bonds is 5. The Balaban J connectivity index is 2.10. The van der Waals surface area contributed by atoms with Crippen LogP contribution >= 0.6 is 0 Å². The Morgan fingerprint density at radius 2 is 1.45 bits per heavy atom. The maximum absolute atomic E-state index is 11.7. The van der Waals surface area contributed by atoms with Crippen LogP contribution in [0.3, 0.4) is 0 Å². The lowest BCUT2D eigenvalue weighted by Crippen LogP contribution is -2.17. The third kappa shape index (κ3) is 4.10. The molecule has 0 saturated heterocycles. The Kier molecular flexibility index (Phi) is 5.21. The second-order valence-corrected chi connectivity index (χ2v) is 6.09. The van der Waals surface area contributed by atoms with Crippen molar-refractivity contribution in [2.45, 2.75) is 33.6 Å². The van der Waals surface area contributed by atoms with Crippen LogP contribution in [0.1, 0.15) is 39.2 Å². The summed E-state index contributed by atoms with van der Waals surface area (Å²) in [5.74, 6) is 0.481. The second-order valence-electron chi connectivity index (χ2n) is 6.09. The first kappa shape index (κ1) is 16.1. The van der Waals surface area contributed by atoms with E-state index in [2.05, 4.69) is 42.7 Å². The molecule has 0 aliphatic carbocycles. The Bertz CT molecular complexity index is 630. The summed E-state index contributed by atoms with van der Waals surface area (Å²) in [5, 5.41) is 6.34. The van der Waals surface area contributed by atoms with Gasteiger partial charge in [0, 0.05) is 23.0 Å². The van der Waals surface area contributed by atoms with Crippen LogP contribution in [0.15, 0.2) is 48.5 Å². The van der Waals surface area contributed by atoms with E-state index in [1.807, 2.05) is 44.2 Å². The average molecular weight is 296 g/mol. The van der Waals surface area contributed by atoms with Gasteiger partial charge in [-0.15, -0.1) is 0 Å². The van der Waals surface area contributed by atoms with Crippen LogP contribution in [0.4, 0.5) is 17.1 Å². The lowest BCUT2D eigenvalue weighted by atomic mass is 10.0. The average Bonchev–Trinajstić information content (AvgIpc) is 2.49. The van der Waals surface area contributed by atoms with Gasteiger partial charge in [0.2, 0.25) is 5.91 Å². The Morgan fingerprint density at radius 3 is 2.05 bits per heavy atom. The van der Waals surface area contributed by atoms with Crippen LogP contribution in [0.25, 0.3) is 0 Å². The fraction of sp³-hybridized carbons (Fsp3) is 0.316. The van der Waals surface area contributed by atoms with Crippen molar-refractivity contribution in [3.05, 3.63) is 54.1 Å². The summed E-state index contributed by atoms with van der Waals surface area (Å²) in [6.07, 6.45) is 0. The third-order valence-electron chi connectivity index (χ3n) is 3.54. The van der Waals surface area contributed by atoms with E-state index in [0.29, 0.717) is 5.92 Å². The lowest BCUT2D eigenvalue weighted by molar-refractivity contribution is -0.118. The van der Waals surface area contributed by atoms with Crippen LogP contribution < -0.4 is 10.6 Å². The van der Waals surface area contributed by atoms with E-state index >= 15 is 0 Å². The van der Waals surface area contributed by atoms with Crippen LogP contribution in [0, 0.1) is 5.92 Å². The number of carbonyl (C=O) groups excluding carboxylic acids is 1. The first-order valence-corrected chi connectivity index (χ1v) is 7.74. The smallest absolute Gasteiger partial charge is 0.226 e. The molecule has 22 heavy (non-hydrogen) atoms. The molecule has 2 aromatic carbocycles. The van der Waals surface area contributed by atoms with E-state index in [9.17, 15) is 4.79 Å². The summed E-state index contributed by atoms with van der Waals surface area (Å²) in [6, 6.07) is 16.1. The topological polar surface area (TPSA) is 41.1 Å². The van der Waals surface area contributed by atoms with Crippen molar-refractivity contribution in [3.8, 4) is 0 Å². The monoisotopic (exact) mass is 296 g/mol. The zero-order valence-corrected chi connectivity index (χ0v) is 13.7. The van der Waals surface area contributed by atoms with Gasteiger partial charge in [-0.05, 0) is 41.8 Å². The molecule has 0 radical (unpaired) electrons. The van der Waals surface area contributed by atoms with E-state index in [1.54, 1.807) is 0 Å². The lowest BCUT2D eigenvalue weighted by Gasteiger charge is -2.15. The molecule has 2 N–H and O–H groups in total. The van der Waals surface area contributed by atoms with Crippen molar-refractivity contribution in [2.75, 3.05) is 10.6 Å². The molecule has 2 aromatic rings. The molecular weight excluding hydrogens is 272 g/mol. The molecule has 3 heteroatoms. The van der Waals surface area contributed by atoms with Gasteiger partial charge in [0.1, 0.15) is 0 Å². The molecule has 0 bridgehead atoms. The summed E-state index contributed by atoms with van der Waals surface area (Å²) in [4.78, 5) is 11.7. The Hall–Kier alpha value is -2.29. The molecule has 0 aliphatic rings. The maximum Gasteiger partial charge on any atom is 0.226 e. The molecule has 116 valence electrons. The van der Waals surface area contributed by atoms with Gasteiger partial charge >= 0.3 is 0 Å². The Morgan fingerprint density at radius 1 is 0.864 bits per heavy atom. The minimum atomic E-state index is -0.0179. The second kappa shape index (κ2) is 7.12. The van der Waals surface area contributed by atoms with Gasteiger partial charge in [-0.1, -0.05) is 45.9 Å². The van der Waals surface area contributed by atoms with Crippen molar-refractivity contribution >= 4 is 23.0 Å². The van der Waals surface area contributed by atoms with E-state index < -0.39 is 0 Å². The van der Waals surface area contributed by atoms with Crippen LogP contribution in [0.5, 0.6) is 0 Å². The highest BCUT2D eigenvalue weighted by atomic mass is 16.1. The minimum Gasteiger partial charge on any atom is -0.355 e. The Labute approximate surface area is 132 Å². The van der Waals surface area contributed by atoms with Crippen LogP contribution in [0.2, 0.25) is 0 Å². The predicted molar refractivity (Wildman–Crippen MR) is 93.7 cm³/mol. The molecular formula is C19H24N2O. The summed E-state index contributed by atoms with van der Waals surface area (Å²) in [7, 11) is 0. The molecule has 0 heterocycles. The van der Waals surface area contributed by atoms with Crippen molar-refractivity contribution in [3.63, 3.8) is 0 Å². The van der Waals surface area contributed by atoms with Crippen molar-refractivity contribution < 1.29 is 4.79 Å². The highest BCUT2D eigenvalue weighted by Crippen LogP contribution is 2.27. The number of hydrogen-bond acceptors (Lipinski definition) is 2. The first-order chi connectivity index (χ1) is 10.5. The van der Waals surface area contributed by atoms with Crippen LogP contribution in [-0.2, 0) is 4.79 Å². The quantitative estimate of drug-likeness (QED) is 0.801. The van der Waals surface area contributed by atoms with E-state index in [0.717, 1.165) is 17.1 Å². The largest absolute Gasteiger partial charge is 0.355 e. The highest BCUT2D eigenvalue weighted by molar-refractivity contribution is 5.92. The zero-order valence-electron chi connectivity index (χ0n) is 13.7. The molecule has 0 atom stereocenters. The molecule has 0 unspecified atom stereocenters. The standard InChI is InChI=1S/C19H24N2O/c1-13(2)17-7-5-6-8-18(17)20-15-9-11-16(12-10-15)21-19(22)14(3)4/h5-14,20H,1-4H3,(H,21,22). The summed E-state index contributed by atoms with van der Waals surface area (Å²) >= 11 is 0. The number of para-hydroxylation sites is 1. The van der Waals surface area contributed by atoms with Crippen LogP contribution in [-0.4, -0.2) is 5.91 Å². The van der Waals surface area contributed by atoms with E-state index in [4.69, 9.17) is 0 Å². The van der Waals surface area contributed by atoms with Gasteiger partial charge in [-0.2, -0.15) is 0 Å². The molecule has 0 saturated carbocycles. The molecule has 1 amide bonds. The number of hydrogen-bond donors (Lipinski definition) is 2. The van der Waals surface area contributed by atoms with E-state index in [-0.39, 0.29) is 11.8 Å². The van der Waals surface area contributed by atoms with E-state index in [1.165, 1.54) is 5.56 Å². The van der Waals surface area contributed by atoms with Gasteiger partial charge in [0.05, 0.1) is 0 Å². The summed E-state index contributed by atoms with van der Waals surface area (Å²) in [5.41, 5.74) is 4.24. The van der Waals surface area contributed by atoms with Crippen molar-refractivity contribution in [1.29, 1.82) is 0 Å². The van der Waals surface area contributed by atoms with Gasteiger partial charge in [0.25, 0.3) is 0 Å². The maximum atomic E-state index is 11.7. The zero-order chi connectivity index (χ0) is 16.1. The third-order valence-corrected chi connectivity index (χ3v) is 3.54. The molecule has 0 fully saturated rings. The first-order valence-electron chi connectivity index (χ1n) is 7.74. The normalized spacial score (nSPS) is 10.8. The number of anilines is 3. The van der Waals surface area contributed by atoms with Gasteiger partial charge in [-0.25, -0.2) is 0 Å². The molecule has 3 nitrogen and oxygen atoms in total. The molecule has 2 rings (SSSR count). The summed E-state index contributed by atoms with van der Waals surface area (Å²) < 4.78 is 0. The number of carbonyl (C=O) groups is 1.